The highest BCUT2D eigenvalue weighted by molar-refractivity contribution is 7.86. The molecule has 0 aliphatic heterocycles. The van der Waals surface area contributed by atoms with E-state index in [-0.39, 0.29) is 0 Å². The number of hydrogen-bond donors (Lipinski definition) is 1. The van der Waals surface area contributed by atoms with Crippen LogP contribution >= 0.6 is 0 Å². The number of rotatable bonds is 1. The Morgan fingerprint density at radius 3 is 2.44 bits per heavy atom. The van der Waals surface area contributed by atoms with Crippen molar-refractivity contribution in [3.63, 3.8) is 0 Å². The predicted molar refractivity (Wildman–Crippen MR) is 33.7 cm³/mol. The van der Waals surface area contributed by atoms with Crippen LogP contribution in [-0.2, 0) is 10.1 Å². The number of allylic oxidation sites excluding steroid dienone is 1. The average molecular weight is 148 g/mol. The van der Waals surface area contributed by atoms with E-state index in [2.05, 4.69) is 0 Å². The largest absolute Gasteiger partial charge is 0.285 e. The Labute approximate surface area is 54.1 Å². The first-order valence-corrected chi connectivity index (χ1v) is 4.24. The smallest absolute Gasteiger partial charge is 0.271 e. The van der Waals surface area contributed by atoms with E-state index in [1.807, 2.05) is 0 Å². The zero-order chi connectivity index (χ0) is 6.91. The second-order valence-electron chi connectivity index (χ2n) is 2.06. The van der Waals surface area contributed by atoms with Crippen molar-refractivity contribution in [1.29, 1.82) is 0 Å². The van der Waals surface area contributed by atoms with Gasteiger partial charge >= 0.3 is 0 Å². The lowest BCUT2D eigenvalue weighted by Crippen LogP contribution is -2.14. The van der Waals surface area contributed by atoms with Crippen LogP contribution in [0.25, 0.3) is 0 Å². The van der Waals surface area contributed by atoms with Gasteiger partial charge in [-0.05, 0) is 12.8 Å². The molecule has 0 saturated heterocycles. The van der Waals surface area contributed by atoms with E-state index >= 15 is 0 Å². The number of hydrogen-bond acceptors (Lipinski definition) is 2. The minimum absolute atomic E-state index is 0.527. The molecule has 4 heteroatoms. The van der Waals surface area contributed by atoms with E-state index in [0.29, 0.717) is 6.42 Å². The molecule has 0 aromatic rings. The minimum Gasteiger partial charge on any atom is -0.285 e. The molecule has 1 unspecified atom stereocenters. The van der Waals surface area contributed by atoms with Crippen LogP contribution < -0.4 is 0 Å². The van der Waals surface area contributed by atoms with Crippen molar-refractivity contribution in [2.45, 2.75) is 18.1 Å². The van der Waals surface area contributed by atoms with Crippen LogP contribution in [0.2, 0.25) is 0 Å². The average Bonchev–Trinajstić information content (AvgIpc) is 2.08. The topological polar surface area (TPSA) is 54.4 Å². The molecule has 0 bridgehead atoms. The van der Waals surface area contributed by atoms with Crippen LogP contribution in [0, 0.1) is 0 Å². The molecule has 1 aliphatic rings. The van der Waals surface area contributed by atoms with Crippen molar-refractivity contribution >= 4 is 10.1 Å². The summed E-state index contributed by atoms with van der Waals surface area (Å²) in [5, 5.41) is -0.641. The molecule has 0 spiro atoms. The molecule has 1 atom stereocenters. The van der Waals surface area contributed by atoms with Gasteiger partial charge in [0.05, 0.1) is 0 Å². The maximum absolute atomic E-state index is 10.3. The van der Waals surface area contributed by atoms with Gasteiger partial charge in [0.2, 0.25) is 0 Å². The van der Waals surface area contributed by atoms with Crippen molar-refractivity contribution < 1.29 is 13.0 Å². The molecule has 1 aliphatic carbocycles. The van der Waals surface area contributed by atoms with E-state index in [4.69, 9.17) is 4.55 Å². The fraction of sp³-hybridized carbons (Fsp3) is 0.600. The lowest BCUT2D eigenvalue weighted by atomic mass is 10.4. The zero-order valence-electron chi connectivity index (χ0n) is 4.82. The Balaban J connectivity index is 2.76. The maximum Gasteiger partial charge on any atom is 0.271 e. The highest BCUT2D eigenvalue weighted by Crippen LogP contribution is 2.15. The third kappa shape index (κ3) is 1.53. The summed E-state index contributed by atoms with van der Waals surface area (Å²) in [7, 11) is -3.79. The monoisotopic (exact) mass is 148 g/mol. The molecule has 52 valence electrons. The molecule has 9 heavy (non-hydrogen) atoms. The van der Waals surface area contributed by atoms with Gasteiger partial charge in [0, 0.05) is 0 Å². The van der Waals surface area contributed by atoms with Gasteiger partial charge in [0.15, 0.2) is 0 Å². The molecule has 3 nitrogen and oxygen atoms in total. The second-order valence-corrected chi connectivity index (χ2v) is 3.69. The fourth-order valence-electron chi connectivity index (χ4n) is 0.853. The maximum atomic E-state index is 10.3. The summed E-state index contributed by atoms with van der Waals surface area (Å²) in [4.78, 5) is 0. The van der Waals surface area contributed by atoms with Crippen molar-refractivity contribution in [3.05, 3.63) is 12.2 Å². The molecule has 0 fully saturated rings. The molecule has 1 rings (SSSR count). The molecule has 0 amide bonds. The first-order chi connectivity index (χ1) is 4.11. The highest BCUT2D eigenvalue weighted by Gasteiger charge is 2.21. The normalized spacial score (nSPS) is 27.0. The van der Waals surface area contributed by atoms with Crippen LogP contribution in [0.3, 0.4) is 0 Å². The molecule has 0 heterocycles. The third-order valence-corrected chi connectivity index (χ3v) is 2.51. The Morgan fingerprint density at radius 1 is 1.56 bits per heavy atom. The first-order valence-electron chi connectivity index (χ1n) is 2.73. The van der Waals surface area contributed by atoms with Crippen LogP contribution in [-0.4, -0.2) is 18.2 Å². The molecule has 0 aromatic heterocycles. The van der Waals surface area contributed by atoms with Crippen molar-refractivity contribution in [3.8, 4) is 0 Å². The SMILES string of the molecule is O=S(=O)(O)C1C=CCC1. The van der Waals surface area contributed by atoms with Crippen LogP contribution in [0.4, 0.5) is 0 Å². The summed E-state index contributed by atoms with van der Waals surface area (Å²) >= 11 is 0. The Kier molecular flexibility index (Phi) is 1.59. The van der Waals surface area contributed by atoms with Crippen LogP contribution in [0.5, 0.6) is 0 Å². The molecule has 1 N–H and O–H groups in total. The van der Waals surface area contributed by atoms with Crippen molar-refractivity contribution in [2.24, 2.45) is 0 Å². The molecular weight excluding hydrogens is 140 g/mol. The lowest BCUT2D eigenvalue weighted by Gasteiger charge is -1.99. The Hall–Kier alpha value is -0.350. The van der Waals surface area contributed by atoms with Crippen molar-refractivity contribution in [1.82, 2.24) is 0 Å². The predicted octanol–water partition coefficient (Wildman–Crippen LogP) is 0.593. The van der Waals surface area contributed by atoms with Gasteiger partial charge in [-0.3, -0.25) is 4.55 Å². The minimum atomic E-state index is -3.79. The van der Waals surface area contributed by atoms with Gasteiger partial charge in [-0.1, -0.05) is 12.2 Å². The van der Waals surface area contributed by atoms with Gasteiger partial charge in [0.25, 0.3) is 10.1 Å². The molecule has 0 aromatic carbocycles. The third-order valence-electron chi connectivity index (χ3n) is 1.35. The standard InChI is InChI=1S/C5H8O3S/c6-9(7,8)5-3-1-2-4-5/h1,3,5H,2,4H2,(H,6,7,8). The van der Waals surface area contributed by atoms with E-state index in [9.17, 15) is 8.42 Å². The quantitative estimate of drug-likeness (QED) is 0.437. The van der Waals surface area contributed by atoms with Gasteiger partial charge in [0.1, 0.15) is 5.25 Å². The summed E-state index contributed by atoms with van der Waals surface area (Å²) in [5.41, 5.74) is 0. The van der Waals surface area contributed by atoms with Gasteiger partial charge in [-0.15, -0.1) is 0 Å². The van der Waals surface area contributed by atoms with E-state index in [0.717, 1.165) is 6.42 Å². The molecule has 0 saturated carbocycles. The van der Waals surface area contributed by atoms with Gasteiger partial charge < -0.3 is 0 Å². The van der Waals surface area contributed by atoms with Gasteiger partial charge in [-0.25, -0.2) is 0 Å². The summed E-state index contributed by atoms with van der Waals surface area (Å²) in [5.74, 6) is 0. The second kappa shape index (κ2) is 2.11. The summed E-state index contributed by atoms with van der Waals surface area (Å²) in [6.07, 6.45) is 4.57. The Bertz CT molecular complexity index is 214. The molecule has 0 radical (unpaired) electrons. The lowest BCUT2D eigenvalue weighted by molar-refractivity contribution is 0.474. The van der Waals surface area contributed by atoms with Crippen LogP contribution in [0.1, 0.15) is 12.8 Å². The van der Waals surface area contributed by atoms with E-state index < -0.39 is 15.4 Å². The fourth-order valence-corrected chi connectivity index (χ4v) is 1.60. The van der Waals surface area contributed by atoms with Crippen molar-refractivity contribution in [2.75, 3.05) is 0 Å². The van der Waals surface area contributed by atoms with E-state index in [1.54, 1.807) is 6.08 Å². The summed E-state index contributed by atoms with van der Waals surface area (Å²) < 4.78 is 29.1. The first kappa shape index (κ1) is 6.77. The van der Waals surface area contributed by atoms with Gasteiger partial charge in [-0.2, -0.15) is 8.42 Å². The van der Waals surface area contributed by atoms with E-state index in [1.165, 1.54) is 6.08 Å². The molecular formula is C5H8O3S. The Morgan fingerprint density at radius 2 is 2.22 bits per heavy atom. The zero-order valence-corrected chi connectivity index (χ0v) is 5.63. The van der Waals surface area contributed by atoms with Crippen LogP contribution in [0.15, 0.2) is 12.2 Å². The highest BCUT2D eigenvalue weighted by atomic mass is 32.2. The summed E-state index contributed by atoms with van der Waals surface area (Å²) in [6, 6.07) is 0. The summed E-state index contributed by atoms with van der Waals surface area (Å²) in [6.45, 7) is 0.